The fourth-order valence-corrected chi connectivity index (χ4v) is 4.49. The number of phenols is 2. The molecule has 3 aromatic heterocycles. The SMILES string of the molecule is Nc1ncnc2c1ncn2[C@@H]1O[C@H](/C=C/CNC(=O)c2cc(-c3nccs3)cc(O)c2O)[C@@H](O)[C@H]1O. The number of fused-ring (bicyclic) bond motifs is 1. The van der Waals surface area contributed by atoms with Gasteiger partial charge in [0.15, 0.2) is 29.2 Å². The van der Waals surface area contributed by atoms with Gasteiger partial charge in [-0.1, -0.05) is 12.2 Å². The Morgan fingerprint density at radius 2 is 2.03 bits per heavy atom. The normalized spacial score (nSPS) is 21.9. The summed E-state index contributed by atoms with van der Waals surface area (Å²) in [6.45, 7) is 0.0195. The average Bonchev–Trinajstić information content (AvgIpc) is 3.60. The van der Waals surface area contributed by atoms with E-state index in [4.69, 9.17) is 10.5 Å². The van der Waals surface area contributed by atoms with Gasteiger partial charge in [-0.25, -0.2) is 19.9 Å². The molecule has 0 unspecified atom stereocenters. The zero-order valence-corrected chi connectivity index (χ0v) is 19.3. The third kappa shape index (κ3) is 4.22. The van der Waals surface area contributed by atoms with Crippen LogP contribution in [-0.4, -0.2) is 75.7 Å². The molecule has 14 heteroatoms. The summed E-state index contributed by atoms with van der Waals surface area (Å²) in [5.74, 6) is -1.44. The number of hydrogen-bond acceptors (Lipinski definition) is 12. The molecule has 7 N–H and O–H groups in total. The molecule has 4 atom stereocenters. The van der Waals surface area contributed by atoms with Gasteiger partial charge in [0, 0.05) is 23.7 Å². The van der Waals surface area contributed by atoms with E-state index in [9.17, 15) is 25.2 Å². The molecular weight excluding hydrogens is 490 g/mol. The molecule has 1 fully saturated rings. The molecule has 4 aromatic rings. The molecule has 1 saturated heterocycles. The zero-order valence-electron chi connectivity index (χ0n) is 18.5. The number of nitrogen functional groups attached to an aromatic ring is 1. The summed E-state index contributed by atoms with van der Waals surface area (Å²) in [6, 6.07) is 2.76. The molecule has 0 spiro atoms. The largest absolute Gasteiger partial charge is 0.504 e. The highest BCUT2D eigenvalue weighted by molar-refractivity contribution is 7.13. The number of nitrogens with one attached hydrogen (secondary N) is 1. The van der Waals surface area contributed by atoms with Crippen LogP contribution in [-0.2, 0) is 4.74 Å². The van der Waals surface area contributed by atoms with Crippen molar-refractivity contribution in [3.8, 4) is 22.1 Å². The fourth-order valence-electron chi connectivity index (χ4n) is 3.86. The summed E-state index contributed by atoms with van der Waals surface area (Å²) in [7, 11) is 0. The number of aliphatic hydroxyl groups excluding tert-OH is 2. The minimum atomic E-state index is -1.28. The van der Waals surface area contributed by atoms with Crippen LogP contribution in [0.3, 0.4) is 0 Å². The van der Waals surface area contributed by atoms with Crippen LogP contribution in [0.25, 0.3) is 21.7 Å². The third-order valence-electron chi connectivity index (χ3n) is 5.66. The maximum atomic E-state index is 12.6. The molecule has 5 rings (SSSR count). The smallest absolute Gasteiger partial charge is 0.255 e. The van der Waals surface area contributed by atoms with Crippen LogP contribution in [0.1, 0.15) is 16.6 Å². The first kappa shape index (κ1) is 23.6. The molecular formula is C22H21N7O6S. The summed E-state index contributed by atoms with van der Waals surface area (Å²) in [5, 5.41) is 46.1. The molecule has 0 bridgehead atoms. The van der Waals surface area contributed by atoms with Crippen LogP contribution in [0, 0.1) is 0 Å². The number of nitrogens with two attached hydrogens (primary N) is 1. The topological polar surface area (TPSA) is 202 Å². The second-order valence-corrected chi connectivity index (χ2v) is 8.82. The molecule has 1 amide bonds. The van der Waals surface area contributed by atoms with Crippen molar-refractivity contribution in [2.45, 2.75) is 24.5 Å². The highest BCUT2D eigenvalue weighted by atomic mass is 32.1. The average molecular weight is 512 g/mol. The Balaban J connectivity index is 1.25. The van der Waals surface area contributed by atoms with E-state index in [2.05, 4.69) is 25.3 Å². The first-order chi connectivity index (χ1) is 17.3. The number of benzene rings is 1. The number of aliphatic hydroxyl groups is 2. The summed E-state index contributed by atoms with van der Waals surface area (Å²) in [4.78, 5) is 28.9. The van der Waals surface area contributed by atoms with E-state index in [1.54, 1.807) is 11.6 Å². The van der Waals surface area contributed by atoms with E-state index in [1.165, 1.54) is 52.8 Å². The molecule has 0 aliphatic carbocycles. The van der Waals surface area contributed by atoms with Gasteiger partial charge in [-0.2, -0.15) is 0 Å². The Hall–Kier alpha value is -4.11. The number of amides is 1. The number of carbonyl (C=O) groups excluding carboxylic acids is 1. The van der Waals surface area contributed by atoms with Crippen molar-refractivity contribution in [3.63, 3.8) is 0 Å². The lowest BCUT2D eigenvalue weighted by molar-refractivity contribution is -0.0245. The Bertz CT molecular complexity index is 1440. The molecule has 13 nitrogen and oxygen atoms in total. The molecule has 0 radical (unpaired) electrons. The van der Waals surface area contributed by atoms with Gasteiger partial charge in [-0.15, -0.1) is 11.3 Å². The van der Waals surface area contributed by atoms with Crippen LogP contribution in [0.15, 0.2) is 48.5 Å². The van der Waals surface area contributed by atoms with Crippen molar-refractivity contribution in [2.24, 2.45) is 0 Å². The maximum absolute atomic E-state index is 12.6. The van der Waals surface area contributed by atoms with E-state index in [-0.39, 0.29) is 17.9 Å². The summed E-state index contributed by atoms with van der Waals surface area (Å²) in [5.41, 5.74) is 6.86. The van der Waals surface area contributed by atoms with E-state index in [1.807, 2.05) is 0 Å². The molecule has 186 valence electrons. The van der Waals surface area contributed by atoms with E-state index < -0.39 is 41.9 Å². The van der Waals surface area contributed by atoms with Gasteiger partial charge in [-0.05, 0) is 12.1 Å². The van der Waals surface area contributed by atoms with Crippen molar-refractivity contribution >= 4 is 34.2 Å². The van der Waals surface area contributed by atoms with Crippen LogP contribution >= 0.6 is 11.3 Å². The number of phenolic OH excluding ortho intramolecular Hbond substituents is 2. The highest BCUT2D eigenvalue weighted by Crippen LogP contribution is 2.35. The second-order valence-electron chi connectivity index (χ2n) is 7.92. The standard InChI is InChI=1S/C22H21N7O6S/c23-18-14-19(27-8-26-18)29(9-28-14)22-17(33)16(32)13(35-22)2-1-3-24-20(34)11-6-10(7-12(30)15(11)31)21-25-4-5-36-21/h1-2,4-9,13,16-17,22,30-33H,3H2,(H,24,34)(H2,23,26,27)/b2-1+/t13-,16-,17-,22-/m1/s1. The number of thiazole rings is 1. The molecule has 4 heterocycles. The summed E-state index contributed by atoms with van der Waals surface area (Å²) < 4.78 is 7.27. The van der Waals surface area contributed by atoms with Crippen molar-refractivity contribution in [3.05, 3.63) is 54.1 Å². The van der Waals surface area contributed by atoms with Crippen LogP contribution in [0.4, 0.5) is 5.82 Å². The number of aromatic nitrogens is 5. The number of anilines is 1. The molecule has 1 aliphatic heterocycles. The Kier molecular flexibility index (Phi) is 6.24. The van der Waals surface area contributed by atoms with Gasteiger partial charge >= 0.3 is 0 Å². The van der Waals surface area contributed by atoms with Crippen molar-refractivity contribution < 1.29 is 30.0 Å². The lowest BCUT2D eigenvalue weighted by Crippen LogP contribution is -2.31. The van der Waals surface area contributed by atoms with Gasteiger partial charge in [0.2, 0.25) is 0 Å². The lowest BCUT2D eigenvalue weighted by atomic mass is 10.1. The van der Waals surface area contributed by atoms with Crippen molar-refractivity contribution in [1.29, 1.82) is 0 Å². The summed E-state index contributed by atoms with van der Waals surface area (Å²) >= 11 is 1.32. The van der Waals surface area contributed by atoms with Gasteiger partial charge in [0.1, 0.15) is 35.2 Å². The lowest BCUT2D eigenvalue weighted by Gasteiger charge is -2.16. The van der Waals surface area contributed by atoms with Gasteiger partial charge < -0.3 is 36.2 Å². The van der Waals surface area contributed by atoms with Crippen molar-refractivity contribution in [1.82, 2.24) is 29.8 Å². The number of aromatic hydroxyl groups is 2. The number of carbonyl (C=O) groups is 1. The van der Waals surface area contributed by atoms with Crippen LogP contribution < -0.4 is 11.1 Å². The minimum Gasteiger partial charge on any atom is -0.504 e. The number of ether oxygens (including phenoxy) is 1. The van der Waals surface area contributed by atoms with Crippen LogP contribution in [0.5, 0.6) is 11.5 Å². The molecule has 0 saturated carbocycles. The highest BCUT2D eigenvalue weighted by Gasteiger charge is 2.43. The molecule has 1 aliphatic rings. The number of rotatable bonds is 6. The Labute approximate surface area is 207 Å². The van der Waals surface area contributed by atoms with E-state index >= 15 is 0 Å². The van der Waals surface area contributed by atoms with Gasteiger partial charge in [-0.3, -0.25) is 9.36 Å². The van der Waals surface area contributed by atoms with E-state index in [0.717, 1.165) is 0 Å². The second kappa shape index (κ2) is 9.50. The maximum Gasteiger partial charge on any atom is 0.255 e. The quantitative estimate of drug-likeness (QED) is 0.156. The fraction of sp³-hybridized carbons (Fsp3) is 0.227. The number of nitrogens with zero attached hydrogens (tertiary/aromatic N) is 5. The first-order valence-corrected chi connectivity index (χ1v) is 11.6. The predicted molar refractivity (Wildman–Crippen MR) is 128 cm³/mol. The van der Waals surface area contributed by atoms with Gasteiger partial charge in [0.05, 0.1) is 11.9 Å². The Morgan fingerprint density at radius 3 is 2.81 bits per heavy atom. The van der Waals surface area contributed by atoms with E-state index in [0.29, 0.717) is 21.7 Å². The molecule has 36 heavy (non-hydrogen) atoms. The van der Waals surface area contributed by atoms with Crippen molar-refractivity contribution in [2.75, 3.05) is 12.3 Å². The minimum absolute atomic E-state index is 0.0195. The predicted octanol–water partition coefficient (Wildman–Crippen LogP) is 0.549. The third-order valence-corrected chi connectivity index (χ3v) is 6.48. The number of hydrogen-bond donors (Lipinski definition) is 6. The zero-order chi connectivity index (χ0) is 25.4. The Morgan fingerprint density at radius 1 is 1.19 bits per heavy atom. The molecule has 1 aromatic carbocycles. The number of imidazole rings is 1. The monoisotopic (exact) mass is 511 g/mol. The summed E-state index contributed by atoms with van der Waals surface area (Å²) in [6.07, 6.45) is 2.89. The first-order valence-electron chi connectivity index (χ1n) is 10.7. The van der Waals surface area contributed by atoms with Gasteiger partial charge in [0.25, 0.3) is 5.91 Å². The van der Waals surface area contributed by atoms with Crippen LogP contribution in [0.2, 0.25) is 0 Å².